The van der Waals surface area contributed by atoms with Crippen molar-refractivity contribution in [1.29, 1.82) is 0 Å². The van der Waals surface area contributed by atoms with Gasteiger partial charge in [0, 0.05) is 0 Å². The molecule has 1 aromatic heterocycles. The maximum Gasteiger partial charge on any atom is 0.261 e. The first-order valence-electron chi connectivity index (χ1n) is 11.8. The van der Waals surface area contributed by atoms with Gasteiger partial charge in [-0.15, -0.1) is 0 Å². The standard InChI is InChI=1S/C27H30N4O5S/c1-18(2)26(27(32)30-36-16-19-7-5-4-6-8-19)31-37(33,34)25-12-10-22(35-3)15-21(25)13-20-9-11-23-24(14-20)29-17-28-23/h4-12,14-15,17-18,26,31H,13,16H2,1-3H3,(H,28,29)(H,30,32)/t26-/m1/s1. The van der Waals surface area contributed by atoms with Crippen molar-refractivity contribution < 1.29 is 22.8 Å². The van der Waals surface area contributed by atoms with Crippen LogP contribution in [-0.4, -0.2) is 37.4 Å². The fourth-order valence-corrected chi connectivity index (χ4v) is 5.51. The van der Waals surface area contributed by atoms with E-state index in [-0.39, 0.29) is 17.4 Å². The lowest BCUT2D eigenvalue weighted by Gasteiger charge is -2.22. The molecule has 0 saturated carbocycles. The Morgan fingerprint density at radius 2 is 1.81 bits per heavy atom. The molecule has 0 saturated heterocycles. The molecule has 0 unspecified atom stereocenters. The van der Waals surface area contributed by atoms with Crippen LogP contribution in [0, 0.1) is 5.92 Å². The summed E-state index contributed by atoms with van der Waals surface area (Å²) in [7, 11) is -2.55. The number of nitrogens with zero attached hydrogens (tertiary/aromatic N) is 1. The molecule has 0 spiro atoms. The predicted molar refractivity (Wildman–Crippen MR) is 140 cm³/mol. The monoisotopic (exact) mass is 522 g/mol. The molecule has 4 rings (SSSR count). The molecule has 3 aromatic carbocycles. The first kappa shape index (κ1) is 26.3. The van der Waals surface area contributed by atoms with Gasteiger partial charge in [0.1, 0.15) is 11.8 Å². The van der Waals surface area contributed by atoms with Crippen LogP contribution in [0.25, 0.3) is 11.0 Å². The second-order valence-electron chi connectivity index (χ2n) is 8.99. The van der Waals surface area contributed by atoms with Crippen molar-refractivity contribution in [2.45, 2.75) is 37.8 Å². The molecule has 9 nitrogen and oxygen atoms in total. The fraction of sp³-hybridized carbons (Fsp3) is 0.259. The summed E-state index contributed by atoms with van der Waals surface area (Å²) in [6.07, 6.45) is 1.95. The third-order valence-electron chi connectivity index (χ3n) is 5.92. The van der Waals surface area contributed by atoms with Crippen molar-refractivity contribution in [3.63, 3.8) is 0 Å². The second kappa shape index (κ2) is 11.5. The van der Waals surface area contributed by atoms with Gasteiger partial charge >= 0.3 is 0 Å². The minimum absolute atomic E-state index is 0.0710. The normalized spacial score (nSPS) is 12.5. The van der Waals surface area contributed by atoms with Gasteiger partial charge in [0.05, 0.1) is 36.0 Å². The molecular formula is C27H30N4O5S. The average molecular weight is 523 g/mol. The van der Waals surface area contributed by atoms with E-state index in [1.54, 1.807) is 32.3 Å². The number of aromatic nitrogens is 2. The Kier molecular flexibility index (Phi) is 8.22. The van der Waals surface area contributed by atoms with E-state index in [4.69, 9.17) is 9.57 Å². The van der Waals surface area contributed by atoms with Crippen molar-refractivity contribution >= 4 is 27.0 Å². The van der Waals surface area contributed by atoms with Gasteiger partial charge in [-0.1, -0.05) is 50.2 Å². The first-order valence-corrected chi connectivity index (χ1v) is 13.3. The number of hydroxylamine groups is 1. The Morgan fingerprint density at radius 1 is 1.03 bits per heavy atom. The number of ether oxygens (including phenoxy) is 1. The molecule has 0 aliphatic carbocycles. The number of sulfonamides is 1. The van der Waals surface area contributed by atoms with E-state index in [1.165, 1.54) is 13.2 Å². The summed E-state index contributed by atoms with van der Waals surface area (Å²) in [5.41, 5.74) is 6.37. The molecule has 4 aromatic rings. The number of H-pyrrole nitrogens is 1. The maximum absolute atomic E-state index is 13.5. The van der Waals surface area contributed by atoms with E-state index in [0.717, 1.165) is 22.2 Å². The van der Waals surface area contributed by atoms with Crippen LogP contribution in [-0.2, 0) is 32.7 Å². The molecule has 0 aliphatic rings. The number of hydrogen-bond donors (Lipinski definition) is 3. The second-order valence-corrected chi connectivity index (χ2v) is 10.7. The predicted octanol–water partition coefficient (Wildman–Crippen LogP) is 3.71. The van der Waals surface area contributed by atoms with Crippen molar-refractivity contribution in [2.24, 2.45) is 5.92 Å². The van der Waals surface area contributed by atoms with Crippen LogP contribution in [0.15, 0.2) is 78.0 Å². The third-order valence-corrected chi connectivity index (χ3v) is 7.46. The lowest BCUT2D eigenvalue weighted by atomic mass is 10.0. The molecule has 0 bridgehead atoms. The van der Waals surface area contributed by atoms with Gasteiger partial charge in [-0.25, -0.2) is 18.9 Å². The molecule has 0 fully saturated rings. The minimum atomic E-state index is -4.08. The van der Waals surface area contributed by atoms with Crippen molar-refractivity contribution in [2.75, 3.05) is 7.11 Å². The first-order chi connectivity index (χ1) is 17.8. The lowest BCUT2D eigenvalue weighted by molar-refractivity contribution is -0.137. The number of amides is 1. The topological polar surface area (TPSA) is 122 Å². The van der Waals surface area contributed by atoms with Crippen molar-refractivity contribution in [1.82, 2.24) is 20.2 Å². The number of carbonyl (C=O) groups is 1. The van der Waals surface area contributed by atoms with Crippen LogP contribution in [0.4, 0.5) is 0 Å². The molecule has 1 amide bonds. The van der Waals surface area contributed by atoms with Crippen LogP contribution in [0.5, 0.6) is 5.75 Å². The van der Waals surface area contributed by atoms with E-state index in [2.05, 4.69) is 20.2 Å². The zero-order chi connectivity index (χ0) is 26.4. The highest BCUT2D eigenvalue weighted by Crippen LogP contribution is 2.26. The number of rotatable bonds is 11. The quantitative estimate of drug-likeness (QED) is 0.258. The van der Waals surface area contributed by atoms with Gasteiger partial charge in [-0.2, -0.15) is 4.72 Å². The minimum Gasteiger partial charge on any atom is -0.497 e. The smallest absolute Gasteiger partial charge is 0.261 e. The zero-order valence-electron chi connectivity index (χ0n) is 20.9. The summed E-state index contributed by atoms with van der Waals surface area (Å²) in [5, 5.41) is 0. The van der Waals surface area contributed by atoms with Crippen LogP contribution >= 0.6 is 0 Å². The van der Waals surface area contributed by atoms with E-state index in [9.17, 15) is 13.2 Å². The highest BCUT2D eigenvalue weighted by atomic mass is 32.2. The molecule has 1 atom stereocenters. The van der Waals surface area contributed by atoms with Gasteiger partial charge < -0.3 is 9.72 Å². The summed E-state index contributed by atoms with van der Waals surface area (Å²) in [4.78, 5) is 25.6. The summed E-state index contributed by atoms with van der Waals surface area (Å²) >= 11 is 0. The lowest BCUT2D eigenvalue weighted by Crippen LogP contribution is -2.49. The number of fused-ring (bicyclic) bond motifs is 1. The summed E-state index contributed by atoms with van der Waals surface area (Å²) in [5.74, 6) is -0.377. The summed E-state index contributed by atoms with van der Waals surface area (Å²) in [6.45, 7) is 3.68. The van der Waals surface area contributed by atoms with Gasteiger partial charge in [0.25, 0.3) is 5.91 Å². The van der Waals surface area contributed by atoms with E-state index in [1.807, 2.05) is 48.5 Å². The van der Waals surface area contributed by atoms with Crippen molar-refractivity contribution in [3.8, 4) is 5.75 Å². The third kappa shape index (κ3) is 6.53. The van der Waals surface area contributed by atoms with Crippen LogP contribution in [0.1, 0.15) is 30.5 Å². The van der Waals surface area contributed by atoms with E-state index >= 15 is 0 Å². The summed E-state index contributed by atoms with van der Waals surface area (Å²) < 4.78 is 35.0. The van der Waals surface area contributed by atoms with Crippen LogP contribution < -0.4 is 14.9 Å². The molecule has 194 valence electrons. The number of imidazole rings is 1. The number of carbonyl (C=O) groups excluding carboxylic acids is 1. The van der Waals surface area contributed by atoms with Gasteiger partial charge in [0.15, 0.2) is 0 Å². The van der Waals surface area contributed by atoms with Gasteiger partial charge in [0.2, 0.25) is 10.0 Å². The van der Waals surface area contributed by atoms with Crippen molar-refractivity contribution in [3.05, 3.63) is 89.7 Å². The number of aromatic amines is 1. The Morgan fingerprint density at radius 3 is 2.54 bits per heavy atom. The number of benzene rings is 3. The summed E-state index contributed by atoms with van der Waals surface area (Å²) in [6, 6.07) is 18.8. The molecule has 3 N–H and O–H groups in total. The zero-order valence-corrected chi connectivity index (χ0v) is 21.7. The van der Waals surface area contributed by atoms with E-state index in [0.29, 0.717) is 17.7 Å². The maximum atomic E-state index is 13.5. The molecule has 10 heteroatoms. The number of nitrogens with one attached hydrogen (secondary N) is 3. The van der Waals surface area contributed by atoms with Crippen LogP contribution in [0.2, 0.25) is 0 Å². The van der Waals surface area contributed by atoms with E-state index < -0.39 is 22.0 Å². The Hall–Kier alpha value is -3.73. The van der Waals surface area contributed by atoms with Crippen LogP contribution in [0.3, 0.4) is 0 Å². The SMILES string of the molecule is COc1ccc(S(=O)(=O)N[C@@H](C(=O)NOCc2ccccc2)C(C)C)c(Cc2ccc3nc[nH]c3c2)c1. The highest BCUT2D eigenvalue weighted by molar-refractivity contribution is 7.89. The fourth-order valence-electron chi connectivity index (χ4n) is 3.95. The molecule has 37 heavy (non-hydrogen) atoms. The number of methoxy groups -OCH3 is 1. The van der Waals surface area contributed by atoms with Gasteiger partial charge in [-0.3, -0.25) is 9.63 Å². The molecule has 0 aliphatic heterocycles. The number of hydrogen-bond acceptors (Lipinski definition) is 6. The largest absolute Gasteiger partial charge is 0.497 e. The van der Waals surface area contributed by atoms with Gasteiger partial charge in [-0.05, 0) is 59.4 Å². The molecule has 1 heterocycles. The highest BCUT2D eigenvalue weighted by Gasteiger charge is 2.30. The Balaban J connectivity index is 1.54. The molecule has 0 radical (unpaired) electrons. The Bertz CT molecular complexity index is 1470. The Labute approximate surface area is 216 Å². The molecular weight excluding hydrogens is 492 g/mol. The average Bonchev–Trinajstić information content (AvgIpc) is 3.35.